The highest BCUT2D eigenvalue weighted by Gasteiger charge is 2.06. The molecule has 0 heterocycles. The molecular weight excluding hydrogens is 278 g/mol. The molecule has 0 fully saturated rings. The van der Waals surface area contributed by atoms with E-state index < -0.39 is 0 Å². The molecule has 0 amide bonds. The minimum absolute atomic E-state index is 1.08. The van der Waals surface area contributed by atoms with Gasteiger partial charge < -0.3 is 4.57 Å². The number of benzene rings is 4. The van der Waals surface area contributed by atoms with Crippen LogP contribution in [0, 0.1) is 0 Å². The zero-order valence-electron chi connectivity index (χ0n) is 12.6. The summed E-state index contributed by atoms with van der Waals surface area (Å²) >= 11 is 0. The third-order valence-corrected chi connectivity index (χ3v) is 4.04. The maximum Gasteiger partial charge on any atom is 0.313 e. The van der Waals surface area contributed by atoms with E-state index in [9.17, 15) is 0 Å². The smallest absolute Gasteiger partial charge is 0.313 e. The molecule has 106 valence electrons. The van der Waals surface area contributed by atoms with Gasteiger partial charge in [0.1, 0.15) is 0 Å². The molecule has 0 spiro atoms. The number of hydrogen-bond donors (Lipinski definition) is 0. The van der Waals surface area contributed by atoms with Gasteiger partial charge in [-0.1, -0.05) is 84.9 Å². The summed E-state index contributed by atoms with van der Waals surface area (Å²) in [5, 5.41) is 4.83. The molecule has 2 radical (unpaired) electrons. The van der Waals surface area contributed by atoms with Gasteiger partial charge in [-0.2, -0.15) is 0 Å². The Kier molecular flexibility index (Phi) is 3.87. The fourth-order valence-electron chi connectivity index (χ4n) is 2.89. The summed E-state index contributed by atoms with van der Waals surface area (Å²) in [6, 6.07) is 29.1. The lowest BCUT2D eigenvalue weighted by molar-refractivity contribution is 0.664. The molecule has 3 heteroatoms. The van der Waals surface area contributed by atoms with Crippen molar-refractivity contribution in [1.29, 1.82) is 0 Å². The normalized spacial score (nSPS) is 10.8. The highest BCUT2D eigenvalue weighted by Crippen LogP contribution is 2.11. The number of rotatable bonds is 4. The van der Waals surface area contributed by atoms with Crippen LogP contribution in [0.5, 0.6) is 0 Å². The SMILES string of the molecule is [B](O[B]c1cccc2ccccc12)c1cccc2ccccc12. The minimum atomic E-state index is 1.08. The fourth-order valence-corrected chi connectivity index (χ4v) is 2.89. The van der Waals surface area contributed by atoms with E-state index in [0.29, 0.717) is 0 Å². The van der Waals surface area contributed by atoms with Gasteiger partial charge in [0.05, 0.1) is 0 Å². The molecule has 0 aliphatic heterocycles. The lowest BCUT2D eigenvalue weighted by Crippen LogP contribution is -2.26. The number of fused-ring (bicyclic) bond motifs is 2. The topological polar surface area (TPSA) is 9.23 Å². The number of hydrogen-bond acceptors (Lipinski definition) is 1. The zero-order chi connectivity index (χ0) is 15.5. The van der Waals surface area contributed by atoms with Crippen LogP contribution >= 0.6 is 0 Å². The van der Waals surface area contributed by atoms with Gasteiger partial charge in [0, 0.05) is 0 Å². The molecule has 4 aromatic rings. The van der Waals surface area contributed by atoms with E-state index in [4.69, 9.17) is 4.57 Å². The molecule has 0 unspecified atom stereocenters. The highest BCUT2D eigenvalue weighted by molar-refractivity contribution is 6.63. The van der Waals surface area contributed by atoms with Crippen LogP contribution in [0.1, 0.15) is 0 Å². The van der Waals surface area contributed by atoms with Crippen molar-refractivity contribution in [2.24, 2.45) is 0 Å². The molecule has 0 saturated heterocycles. The Morgan fingerprint density at radius 1 is 0.478 bits per heavy atom. The molecule has 0 aromatic heterocycles. The van der Waals surface area contributed by atoms with Gasteiger partial charge in [0.15, 0.2) is 0 Å². The Labute approximate surface area is 137 Å². The monoisotopic (exact) mass is 292 g/mol. The summed E-state index contributed by atoms with van der Waals surface area (Å²) in [5.74, 6) is 0. The van der Waals surface area contributed by atoms with E-state index in [1.165, 1.54) is 21.5 Å². The van der Waals surface area contributed by atoms with E-state index in [2.05, 4.69) is 72.8 Å². The molecule has 0 atom stereocenters. The first-order valence-electron chi connectivity index (χ1n) is 7.69. The Bertz CT molecular complexity index is 876. The van der Waals surface area contributed by atoms with Crippen LogP contribution in [0.25, 0.3) is 21.5 Å². The zero-order valence-corrected chi connectivity index (χ0v) is 12.6. The minimum Gasteiger partial charge on any atom is -0.498 e. The van der Waals surface area contributed by atoms with Crippen LogP contribution in [0.15, 0.2) is 84.9 Å². The summed E-state index contributed by atoms with van der Waals surface area (Å²) in [7, 11) is 3.62. The third-order valence-electron chi connectivity index (χ3n) is 4.04. The van der Waals surface area contributed by atoms with Gasteiger partial charge in [-0.15, -0.1) is 0 Å². The van der Waals surface area contributed by atoms with Crippen molar-refractivity contribution < 1.29 is 4.57 Å². The average Bonchev–Trinajstić information content (AvgIpc) is 2.62. The lowest BCUT2D eigenvalue weighted by atomic mass is 9.77. The standard InChI is InChI=1S/C20H14B2O/c1-3-11-17-15(7-1)9-5-13-19(17)21-23-22-20-14-6-10-16-8-2-4-12-18(16)20/h1-14H. The first-order valence-corrected chi connectivity index (χ1v) is 7.69. The lowest BCUT2D eigenvalue weighted by Gasteiger charge is -2.08. The fraction of sp³-hybridized carbons (Fsp3) is 0. The Morgan fingerprint density at radius 2 is 0.913 bits per heavy atom. The molecular formula is C20H14B2O. The maximum absolute atomic E-state index is 5.77. The quantitative estimate of drug-likeness (QED) is 0.525. The van der Waals surface area contributed by atoms with Gasteiger partial charge in [-0.3, -0.25) is 0 Å². The molecule has 0 saturated carbocycles. The molecule has 0 aliphatic carbocycles. The van der Waals surface area contributed by atoms with Crippen molar-refractivity contribution in [3.63, 3.8) is 0 Å². The van der Waals surface area contributed by atoms with Gasteiger partial charge >= 0.3 is 15.0 Å². The first-order chi connectivity index (χ1) is 11.4. The average molecular weight is 292 g/mol. The van der Waals surface area contributed by atoms with E-state index in [1.54, 1.807) is 0 Å². The molecule has 4 aromatic carbocycles. The second-order valence-electron chi connectivity index (χ2n) is 5.51. The Hall–Kier alpha value is -2.51. The van der Waals surface area contributed by atoms with Crippen LogP contribution < -0.4 is 10.9 Å². The van der Waals surface area contributed by atoms with Crippen molar-refractivity contribution in [3.8, 4) is 0 Å². The van der Waals surface area contributed by atoms with E-state index in [1.807, 2.05) is 27.1 Å². The maximum atomic E-state index is 5.77. The Morgan fingerprint density at radius 3 is 1.43 bits per heavy atom. The van der Waals surface area contributed by atoms with Gasteiger partial charge in [0.25, 0.3) is 0 Å². The summed E-state index contributed by atoms with van der Waals surface area (Å²) in [5.41, 5.74) is 2.17. The van der Waals surface area contributed by atoms with Crippen LogP contribution in [0.2, 0.25) is 0 Å². The molecule has 1 nitrogen and oxygen atoms in total. The van der Waals surface area contributed by atoms with Crippen LogP contribution in [-0.4, -0.2) is 15.0 Å². The van der Waals surface area contributed by atoms with Crippen molar-refractivity contribution in [2.75, 3.05) is 0 Å². The van der Waals surface area contributed by atoms with Crippen LogP contribution in [0.4, 0.5) is 0 Å². The first kappa shape index (κ1) is 14.1. The van der Waals surface area contributed by atoms with Crippen molar-refractivity contribution >= 4 is 47.4 Å². The van der Waals surface area contributed by atoms with E-state index in [-0.39, 0.29) is 0 Å². The van der Waals surface area contributed by atoms with Crippen LogP contribution in [-0.2, 0) is 4.57 Å². The van der Waals surface area contributed by atoms with Crippen LogP contribution in [0.3, 0.4) is 0 Å². The molecule has 0 aliphatic rings. The summed E-state index contributed by atoms with van der Waals surface area (Å²) in [6.07, 6.45) is 0. The second-order valence-corrected chi connectivity index (χ2v) is 5.51. The summed E-state index contributed by atoms with van der Waals surface area (Å²) < 4.78 is 5.77. The molecule has 23 heavy (non-hydrogen) atoms. The summed E-state index contributed by atoms with van der Waals surface area (Å²) in [6.45, 7) is 0. The molecule has 0 N–H and O–H groups in total. The largest absolute Gasteiger partial charge is 0.498 e. The van der Waals surface area contributed by atoms with Crippen molar-refractivity contribution in [1.82, 2.24) is 0 Å². The van der Waals surface area contributed by atoms with E-state index >= 15 is 0 Å². The molecule has 0 bridgehead atoms. The Balaban J connectivity index is 1.55. The van der Waals surface area contributed by atoms with Crippen molar-refractivity contribution in [3.05, 3.63) is 84.9 Å². The predicted octanol–water partition coefficient (Wildman–Crippen LogP) is 3.20. The van der Waals surface area contributed by atoms with Gasteiger partial charge in [0.2, 0.25) is 0 Å². The van der Waals surface area contributed by atoms with Gasteiger partial charge in [-0.25, -0.2) is 0 Å². The summed E-state index contributed by atoms with van der Waals surface area (Å²) in [4.78, 5) is 0. The van der Waals surface area contributed by atoms with E-state index in [0.717, 1.165) is 10.9 Å². The highest BCUT2D eigenvalue weighted by atomic mass is 16.4. The second kappa shape index (κ2) is 6.31. The van der Waals surface area contributed by atoms with Crippen molar-refractivity contribution in [2.45, 2.75) is 0 Å². The predicted molar refractivity (Wildman–Crippen MR) is 99.8 cm³/mol. The molecule has 4 rings (SSSR count). The third kappa shape index (κ3) is 2.88. The van der Waals surface area contributed by atoms with Gasteiger partial charge in [-0.05, 0) is 32.5 Å².